The Morgan fingerprint density at radius 2 is 0.545 bits per heavy atom. The van der Waals surface area contributed by atoms with Gasteiger partial charge < -0.3 is 37.0 Å². The van der Waals surface area contributed by atoms with Crippen LogP contribution in [0.5, 0.6) is 0 Å². The lowest BCUT2D eigenvalue weighted by Crippen LogP contribution is -2.82. The molecule has 0 aromatic carbocycles. The normalized spacial score (nSPS) is 22.7. The van der Waals surface area contributed by atoms with Gasteiger partial charge in [0.2, 0.25) is 0 Å². The Morgan fingerprint density at radius 3 is 0.636 bits per heavy atom. The molecule has 0 N–H and O–H groups in total. The van der Waals surface area contributed by atoms with Crippen LogP contribution in [0.2, 0.25) is 63.2 Å². The Morgan fingerprint density at radius 1 is 0.394 bits per heavy atom. The molecule has 0 unspecified atom stereocenters. The molecule has 0 aliphatic rings. The highest BCUT2D eigenvalue weighted by Crippen LogP contribution is 2.58. The summed E-state index contributed by atoms with van der Waals surface area (Å²) in [4.78, 5) is 0. The summed E-state index contributed by atoms with van der Waals surface area (Å²) < 4.78 is 60.7. The van der Waals surface area contributed by atoms with Gasteiger partial charge in [0, 0.05) is 0 Å². The topological polar surface area (TPSA) is 83.1 Å². The molecule has 0 saturated carbocycles. The highest BCUT2D eigenvalue weighted by atomic mass is 28.6. The zero-order valence-corrected chi connectivity index (χ0v) is 38.5. The van der Waals surface area contributed by atoms with Gasteiger partial charge in [-0.15, -0.1) is 0 Å². The summed E-state index contributed by atoms with van der Waals surface area (Å²) in [5, 5.41) is 0. The van der Waals surface area contributed by atoms with Crippen molar-refractivity contribution in [2.45, 2.75) is 76.6 Å². The summed E-state index contributed by atoms with van der Waals surface area (Å²) in [5.41, 5.74) is 0. The van der Waals surface area contributed by atoms with E-state index in [4.69, 9.17) is 37.0 Å². The van der Waals surface area contributed by atoms with Crippen LogP contribution >= 0.6 is 0 Å². The zero-order chi connectivity index (χ0) is 25.4. The lowest BCUT2D eigenvalue weighted by atomic mass is 10.5. The molecule has 0 saturated heterocycles. The average molecular weight is 676 g/mol. The summed E-state index contributed by atoms with van der Waals surface area (Å²) in [5.74, 6) is 0. The number of hydrogen-bond donors (Lipinski definition) is 0. The maximum atomic E-state index is 6.84. The van der Waals surface area contributed by atoms with E-state index in [1.54, 1.807) is 0 Å². The first-order valence-electron chi connectivity index (χ1n) is 12.6. The van der Waals surface area contributed by atoms with E-state index in [0.29, 0.717) is 6.42 Å². The summed E-state index contributed by atoms with van der Waals surface area (Å²) >= 11 is 0. The van der Waals surface area contributed by atoms with Gasteiger partial charge in [-0.2, -0.15) is 0 Å². The quantitative estimate of drug-likeness (QED) is 0.108. The van der Waals surface area contributed by atoms with Crippen molar-refractivity contribution in [3.05, 3.63) is 0 Å². The summed E-state index contributed by atoms with van der Waals surface area (Å²) in [6.07, 6.45) is 0.656. The lowest BCUT2D eigenvalue weighted by molar-refractivity contribution is 0.165. The molecule has 0 rings (SSSR count). The molecule has 0 aromatic heterocycles. The van der Waals surface area contributed by atoms with E-state index in [2.05, 4.69) is 65.8 Å². The van der Waals surface area contributed by atoms with Crippen LogP contribution < -0.4 is 0 Å². The highest BCUT2D eigenvalue weighted by molar-refractivity contribution is 7.08. The molecule has 0 fully saturated rings. The fourth-order valence-electron chi connectivity index (χ4n) is 4.41. The van der Waals surface area contributed by atoms with Gasteiger partial charge in [-0.3, -0.25) is 0 Å². The van der Waals surface area contributed by atoms with Crippen molar-refractivity contribution in [2.24, 2.45) is 0 Å². The summed E-state index contributed by atoms with van der Waals surface area (Å²) in [6.45, 7) is 21.5. The van der Waals surface area contributed by atoms with Gasteiger partial charge in [-0.05, 0) is 6.42 Å². The molecule has 33 heavy (non-hydrogen) atoms. The Bertz CT molecular complexity index is 395. The van der Waals surface area contributed by atoms with Crippen LogP contribution in [0.15, 0.2) is 0 Å². The molecule has 0 atom stereocenters. The van der Waals surface area contributed by atoms with E-state index < -0.39 is 119 Å². The standard InChI is InChI=1S/C12H50O9Si12/c1-11-12(31(13-22-2,14-23-3)15-24-4,32(16-25-5,17-26-6)18-27-7)33(19-28-8,20-29-9)21-30-10/h11,22-30H2,1-10H3. The number of rotatable bonds is 22. The first kappa shape index (κ1) is 35.2. The van der Waals surface area contributed by atoms with Crippen molar-refractivity contribution in [3.63, 3.8) is 0 Å². The summed E-state index contributed by atoms with van der Waals surface area (Å²) in [6, 6.07) is 0. The van der Waals surface area contributed by atoms with Crippen molar-refractivity contribution < 1.29 is 37.0 Å². The molecule has 0 radical (unpaired) electrons. The van der Waals surface area contributed by atoms with Crippen molar-refractivity contribution in [1.82, 2.24) is 0 Å². The van der Waals surface area contributed by atoms with Crippen molar-refractivity contribution in [1.29, 1.82) is 0 Å². The molecule has 0 aliphatic carbocycles. The zero-order valence-electron chi connectivity index (χ0n) is 22.7. The third kappa shape index (κ3) is 7.64. The Kier molecular flexibility index (Phi) is 19.7. The first-order chi connectivity index (χ1) is 15.9. The van der Waals surface area contributed by atoms with Crippen LogP contribution in [-0.2, 0) is 37.0 Å². The highest BCUT2D eigenvalue weighted by Gasteiger charge is 2.86. The third-order valence-electron chi connectivity index (χ3n) is 5.11. The van der Waals surface area contributed by atoms with Crippen LogP contribution in [0.25, 0.3) is 0 Å². The lowest BCUT2D eigenvalue weighted by Gasteiger charge is -2.57. The van der Waals surface area contributed by atoms with Crippen LogP contribution in [0.4, 0.5) is 0 Å². The van der Waals surface area contributed by atoms with Gasteiger partial charge in [0.1, 0.15) is 87.9 Å². The van der Waals surface area contributed by atoms with Crippen LogP contribution in [0.3, 0.4) is 0 Å². The third-order valence-corrected chi connectivity index (χ3v) is 38.9. The molecule has 0 spiro atoms. The molecule has 0 aromatic rings. The van der Waals surface area contributed by atoms with Gasteiger partial charge in [0.15, 0.2) is 4.28 Å². The fourth-order valence-corrected chi connectivity index (χ4v) is 54.2. The first-order valence-corrected chi connectivity index (χ1v) is 35.7. The van der Waals surface area contributed by atoms with Crippen molar-refractivity contribution in [2.75, 3.05) is 0 Å². The minimum Gasteiger partial charge on any atom is -0.422 e. The van der Waals surface area contributed by atoms with E-state index in [9.17, 15) is 0 Å². The van der Waals surface area contributed by atoms with E-state index >= 15 is 0 Å². The van der Waals surface area contributed by atoms with E-state index in [1.807, 2.05) is 0 Å². The van der Waals surface area contributed by atoms with Gasteiger partial charge in [-0.25, -0.2) is 0 Å². The predicted molar refractivity (Wildman–Crippen MR) is 170 cm³/mol. The van der Waals surface area contributed by atoms with Crippen LogP contribution in [-0.4, -0.2) is 114 Å². The number of hydrogen-bond acceptors (Lipinski definition) is 9. The Balaban J connectivity index is 7.88. The largest absolute Gasteiger partial charge is 0.483 e. The second-order valence-electron chi connectivity index (χ2n) is 6.82. The van der Waals surface area contributed by atoms with Crippen LogP contribution in [0, 0.1) is 0 Å². The molecule has 21 heteroatoms. The smallest absolute Gasteiger partial charge is 0.422 e. The molecule has 0 bridgehead atoms. The fraction of sp³-hybridized carbons (Fsp3) is 1.00. The molecular formula is C12H50O9Si12. The summed E-state index contributed by atoms with van der Waals surface area (Å²) in [7, 11) is -18.1. The molecule has 9 nitrogen and oxygen atoms in total. The van der Waals surface area contributed by atoms with Crippen molar-refractivity contribution in [3.8, 4) is 0 Å². The van der Waals surface area contributed by atoms with Gasteiger partial charge in [0.05, 0.1) is 0 Å². The minimum atomic E-state index is -3.38. The predicted octanol–water partition coefficient (Wildman–Crippen LogP) is -3.63. The van der Waals surface area contributed by atoms with Gasteiger partial charge in [-0.1, -0.05) is 65.8 Å². The second kappa shape index (κ2) is 18.5. The molecule has 0 amide bonds. The Labute approximate surface area is 226 Å². The SMILES string of the molecule is CCC([Si](O[SiH2]C)(O[SiH2]C)O[SiH2]C)([Si](O[SiH2]C)(O[SiH2]C)O[SiH2]C)[Si](O[SiH2]C)(O[SiH2]C)O[SiH2]C. The maximum Gasteiger partial charge on any atom is 0.483 e. The molecular weight excluding hydrogens is 625 g/mol. The van der Waals surface area contributed by atoms with Gasteiger partial charge in [0.25, 0.3) is 0 Å². The molecule has 0 heterocycles. The van der Waals surface area contributed by atoms with Crippen LogP contribution in [0.1, 0.15) is 13.3 Å². The molecule has 200 valence electrons. The van der Waals surface area contributed by atoms with E-state index in [-0.39, 0.29) is 0 Å². The minimum absolute atomic E-state index is 0.656. The average Bonchev–Trinajstić information content (AvgIpc) is 2.76. The monoisotopic (exact) mass is 674 g/mol. The Hall–Kier alpha value is 2.24. The van der Waals surface area contributed by atoms with E-state index in [1.165, 1.54) is 0 Å². The second-order valence-corrected chi connectivity index (χ2v) is 29.8. The van der Waals surface area contributed by atoms with E-state index in [0.717, 1.165) is 0 Å². The van der Waals surface area contributed by atoms with Gasteiger partial charge >= 0.3 is 26.4 Å². The van der Waals surface area contributed by atoms with Crippen molar-refractivity contribution >= 4 is 114 Å². The maximum absolute atomic E-state index is 6.84. The molecule has 0 aliphatic heterocycles.